The third kappa shape index (κ3) is 35.5. The fourth-order valence-electron chi connectivity index (χ4n) is 22.3. The minimum atomic E-state index is -4.16. The molecule has 6 aliphatic rings. The Morgan fingerprint density at radius 1 is 0.530 bits per heavy atom. The molecule has 2 saturated carbocycles. The van der Waals surface area contributed by atoms with Crippen LogP contribution < -0.4 is 42.5 Å². The third-order valence-corrected chi connectivity index (χ3v) is 31.2. The number of aliphatic hydroxyl groups is 1. The summed E-state index contributed by atoms with van der Waals surface area (Å²) in [7, 11) is -4.16. The molecule has 9 amide bonds. The highest BCUT2D eigenvalue weighted by molar-refractivity contribution is 7.85. The number of carbonyl (C=O) groups excluding carboxylic acids is 12. The molecule has 2 heterocycles. The molecule has 0 saturated heterocycles. The monoisotopic (exact) mass is 2090 g/mol. The predicted octanol–water partition coefficient (Wildman–Crippen LogP) is 9.83. The molecule has 4 aromatic carbocycles. The number of phenolic OH excluding ortho intramolecular Hbond substituents is 1. The number of aryl methyl sites for hydroxylation is 2. The summed E-state index contributed by atoms with van der Waals surface area (Å²) in [5.41, 5.74) is 12.6. The van der Waals surface area contributed by atoms with E-state index >= 15 is 4.79 Å². The van der Waals surface area contributed by atoms with Gasteiger partial charge in [0.1, 0.15) is 41.8 Å². The molecule has 2 fully saturated rings. The first kappa shape index (κ1) is 119. The number of nitrogens with zero attached hydrogens (tertiary/aromatic N) is 4. The molecular formula is C111H157N11O26S. The highest BCUT2D eigenvalue weighted by Gasteiger charge is 2.59. The highest BCUT2D eigenvalue weighted by atomic mass is 32.2. The Balaban J connectivity index is 0.639. The number of aromatic nitrogens is 3. The minimum absolute atomic E-state index is 0.0110. The smallest absolute Gasteiger partial charge is 0.312 e. The van der Waals surface area contributed by atoms with Crippen molar-refractivity contribution in [3.05, 3.63) is 141 Å². The number of ketones is 4. The van der Waals surface area contributed by atoms with E-state index in [2.05, 4.69) is 67.9 Å². The SMILES string of the molecule is CC(C)[C@H](NC(=O)[C@@H](CCCCNC(=O)COC1CCCCCc2c1nnn2CCOCCOCCOCCOCCC(=O)NCCS(=O)(=O)O)CC(=O)CCOCCOCCOCCOCCCC(=O)CCC(=O)N1Cc2ccccc2C#Cc2ccccc21)C(=O)C[C@@H](CCCNC(N)=O)C(=O)N[C@@H](CO)C(=O)Cc1ccc2c(c1)[C@@]1(C)CCC[C@](C)(C(=O)NC(=O)[C@@]3(C)CCC[C@]4(C)c5cc(O)ccc5CC[C@@H]34)[C@@H]1CC2. The van der Waals surface area contributed by atoms with Gasteiger partial charge in [-0.15, -0.1) is 5.10 Å². The number of aromatic hydroxyl groups is 1. The predicted molar refractivity (Wildman–Crippen MR) is 554 cm³/mol. The first-order valence-electron chi connectivity index (χ1n) is 53.4. The Bertz CT molecular complexity index is 5510. The zero-order valence-electron chi connectivity index (χ0n) is 87.7. The zero-order chi connectivity index (χ0) is 107. The van der Waals surface area contributed by atoms with Crippen LogP contribution in [0.15, 0.2) is 84.9 Å². The number of fused-ring (bicyclic) bond motifs is 9. The number of nitrogens with two attached hydrogens (primary N) is 1. The van der Waals surface area contributed by atoms with Crippen molar-refractivity contribution in [1.29, 1.82) is 0 Å². The number of primary amides is 1. The van der Waals surface area contributed by atoms with E-state index in [1.807, 2.05) is 92.7 Å². The van der Waals surface area contributed by atoms with Gasteiger partial charge in [-0.2, -0.15) is 8.42 Å². The number of rotatable bonds is 65. The number of Topliss-reactive ketones (excluding diaryl/α,β-unsaturated/α-hetero) is 4. The van der Waals surface area contributed by atoms with E-state index in [4.69, 9.17) is 52.9 Å². The molecule has 1 aliphatic heterocycles. The minimum Gasteiger partial charge on any atom is -0.508 e. The van der Waals surface area contributed by atoms with Gasteiger partial charge in [0.2, 0.25) is 41.4 Å². The molecule has 818 valence electrons. The number of hydrogen-bond donors (Lipinski definition) is 10. The zero-order valence-corrected chi connectivity index (χ0v) is 88.5. The number of imide groups is 1. The molecule has 5 aromatic rings. The van der Waals surface area contributed by atoms with Crippen molar-refractivity contribution in [3.8, 4) is 17.6 Å². The maximum atomic E-state index is 15.1. The number of carbonyl (C=O) groups is 12. The number of anilines is 1. The number of nitrogens with one attached hydrogen (secondary N) is 6. The second kappa shape index (κ2) is 59.4. The van der Waals surface area contributed by atoms with Gasteiger partial charge < -0.3 is 90.1 Å². The van der Waals surface area contributed by atoms with E-state index < -0.39 is 116 Å². The highest BCUT2D eigenvalue weighted by Crippen LogP contribution is 2.60. The number of unbranched alkanes of at least 4 members (excludes halogenated alkanes) is 1. The fourth-order valence-corrected chi connectivity index (χ4v) is 22.7. The lowest BCUT2D eigenvalue weighted by Crippen LogP contribution is -2.60. The Hall–Kier alpha value is -10.7. The van der Waals surface area contributed by atoms with Crippen molar-refractivity contribution in [1.82, 2.24) is 46.9 Å². The average Bonchev–Trinajstić information content (AvgIpc) is 1.30. The molecule has 11 atom stereocenters. The second-order valence-electron chi connectivity index (χ2n) is 41.5. The van der Waals surface area contributed by atoms with Crippen LogP contribution in [0.4, 0.5) is 10.5 Å². The van der Waals surface area contributed by atoms with Crippen LogP contribution in [-0.2, 0) is 155 Å². The number of urea groups is 1. The van der Waals surface area contributed by atoms with Crippen LogP contribution in [0.3, 0.4) is 0 Å². The first-order valence-corrected chi connectivity index (χ1v) is 55.0. The Kier molecular flexibility index (Phi) is 47.3. The topological polar surface area (TPSA) is 515 Å². The summed E-state index contributed by atoms with van der Waals surface area (Å²) in [4.78, 5) is 168. The number of aliphatic hydroxyl groups excluding tert-OH is 1. The number of phenols is 1. The lowest BCUT2D eigenvalue weighted by molar-refractivity contribution is -0.150. The molecule has 1 aromatic heterocycles. The normalized spacial score (nSPS) is 20.5. The summed E-state index contributed by atoms with van der Waals surface area (Å²) in [6, 6.07) is 23.3. The molecule has 0 bridgehead atoms. The molecule has 5 aliphatic carbocycles. The number of benzene rings is 4. The molecule has 11 rings (SSSR count). The number of hydrogen-bond acceptors (Lipinski definition) is 27. The van der Waals surface area contributed by atoms with Gasteiger partial charge in [-0.25, -0.2) is 9.48 Å². The van der Waals surface area contributed by atoms with Crippen LogP contribution in [0.2, 0.25) is 0 Å². The third-order valence-electron chi connectivity index (χ3n) is 30.5. The van der Waals surface area contributed by atoms with E-state index in [-0.39, 0.29) is 201 Å². The molecule has 0 radical (unpaired) electrons. The van der Waals surface area contributed by atoms with Gasteiger partial charge in [0.15, 0.2) is 11.6 Å². The van der Waals surface area contributed by atoms with Crippen molar-refractivity contribution < 1.29 is 123 Å². The lowest BCUT2D eigenvalue weighted by Gasteiger charge is -2.56. The summed E-state index contributed by atoms with van der Waals surface area (Å²) >= 11 is 0. The van der Waals surface area contributed by atoms with Crippen LogP contribution in [0.25, 0.3) is 0 Å². The summed E-state index contributed by atoms with van der Waals surface area (Å²) in [5, 5.41) is 47.1. The number of ether oxygens (including phenoxy) is 9. The van der Waals surface area contributed by atoms with Gasteiger partial charge in [-0.3, -0.25) is 62.6 Å². The van der Waals surface area contributed by atoms with Gasteiger partial charge >= 0.3 is 6.03 Å². The van der Waals surface area contributed by atoms with Crippen molar-refractivity contribution in [2.45, 2.75) is 270 Å². The van der Waals surface area contributed by atoms with E-state index in [1.165, 1.54) is 5.56 Å². The molecule has 37 nitrogen and oxygen atoms in total. The van der Waals surface area contributed by atoms with Gasteiger partial charge in [0, 0.05) is 101 Å². The molecular weight excluding hydrogens is 1940 g/mol. The van der Waals surface area contributed by atoms with Crippen molar-refractivity contribution >= 4 is 86.3 Å². The molecule has 0 spiro atoms. The Morgan fingerprint density at radius 3 is 1.73 bits per heavy atom. The molecule has 149 heavy (non-hydrogen) atoms. The van der Waals surface area contributed by atoms with Gasteiger partial charge in [0.25, 0.3) is 10.1 Å². The Morgan fingerprint density at radius 2 is 1.09 bits per heavy atom. The van der Waals surface area contributed by atoms with Crippen LogP contribution in [0.5, 0.6) is 5.75 Å². The average molecular weight is 2090 g/mol. The second-order valence-corrected chi connectivity index (χ2v) is 43.1. The summed E-state index contributed by atoms with van der Waals surface area (Å²) < 4.78 is 83.8. The van der Waals surface area contributed by atoms with Crippen LogP contribution >= 0.6 is 0 Å². The van der Waals surface area contributed by atoms with Crippen molar-refractivity contribution in [2.75, 3.05) is 149 Å². The van der Waals surface area contributed by atoms with E-state index in [1.54, 1.807) is 29.5 Å². The van der Waals surface area contributed by atoms with Crippen molar-refractivity contribution in [2.24, 2.45) is 46.2 Å². The van der Waals surface area contributed by atoms with E-state index in [9.17, 15) is 71.4 Å². The maximum absolute atomic E-state index is 15.1. The van der Waals surface area contributed by atoms with E-state index in [0.717, 1.165) is 96.1 Å². The number of para-hydroxylation sites is 1. The fraction of sp³-hybridized carbons (Fsp3) is 0.640. The maximum Gasteiger partial charge on any atom is 0.312 e. The quantitative estimate of drug-likeness (QED) is 0.00748. The van der Waals surface area contributed by atoms with Crippen LogP contribution in [0, 0.1) is 52.3 Å². The van der Waals surface area contributed by atoms with Gasteiger partial charge in [0.05, 0.1) is 153 Å². The lowest BCUT2D eigenvalue weighted by atomic mass is 9.49. The summed E-state index contributed by atoms with van der Waals surface area (Å²) in [6.45, 7) is 15.6. The Labute approximate surface area is 875 Å². The van der Waals surface area contributed by atoms with Crippen LogP contribution in [0.1, 0.15) is 264 Å². The first-order chi connectivity index (χ1) is 71.6. The van der Waals surface area contributed by atoms with Crippen LogP contribution in [-0.4, -0.2) is 265 Å². The molecule has 1 unspecified atom stereocenters. The number of amides is 9. The molecule has 11 N–H and O–H groups in total. The largest absolute Gasteiger partial charge is 0.508 e. The van der Waals surface area contributed by atoms with Crippen molar-refractivity contribution in [3.63, 3.8) is 0 Å². The summed E-state index contributed by atoms with van der Waals surface area (Å²) in [6.07, 6.45) is 11.9. The van der Waals surface area contributed by atoms with E-state index in [0.29, 0.717) is 141 Å². The van der Waals surface area contributed by atoms with Gasteiger partial charge in [-0.05, 0) is 195 Å². The summed E-state index contributed by atoms with van der Waals surface area (Å²) in [5.74, 6) is -0.957. The standard InChI is InChI=1S/C111H157N11O26S/c1-76(2)101(94(128)71-83(24-16-48-115-107(112)136)103(132)116-90(74-123)93(127)69-77-29-30-79-34-38-96-108(3,88(79)68-77)43-18-45-110(96,5)105(134)118-106(135)111(6)46-19-44-109(4)89-72-86(125)36-33-80(89)35-39-97(109)111)117-104(133)82(70-87(126)41-52-141-56-60-145-64-63-144-59-55-140-51-17-25-85(124)37-40-100(131)121-73-84-23-11-10-20-78(84)31-32-81-21-12-13-26-91(81)121)22-14-15-47-113-99(130)75-148-95-28-9-7-8-27-92-102(95)119-120-122(92)50-54-143-58-62-147-66-65-146-61-57-142-53-42-98(129)114-49-67-149(137,138)139/h10-13,20-21,23,26,29-30,33,36,68,72,76,82-83,90,95-97,101,123,125H,7-9,14-19,22,24-25,27-28,34-35,37-67,69-71,73-75H2,1-6H3,(H,113,130)(H,114,129)(H,116,132)(H,117,133)(H3,112,115,136)(H,118,134,135)(H,137,138,139)/t82-,83+,90-,95?,96+,97+,101-,108+,109+,110-,111-/m0/s1. The molecule has 38 heteroatoms. The van der Waals surface area contributed by atoms with Gasteiger partial charge in [-0.1, -0.05) is 145 Å².